The second-order valence-electron chi connectivity index (χ2n) is 4.19. The van der Waals surface area contributed by atoms with Gasteiger partial charge in [0, 0.05) is 13.2 Å². The minimum atomic E-state index is -0.359. The number of rotatable bonds is 3. The smallest absolute Gasteiger partial charge is 0.0839 e. The van der Waals surface area contributed by atoms with Crippen LogP contribution in [-0.4, -0.2) is 35.6 Å². The van der Waals surface area contributed by atoms with Gasteiger partial charge in [-0.1, -0.05) is 13.8 Å². The van der Waals surface area contributed by atoms with Crippen molar-refractivity contribution < 1.29 is 14.9 Å². The van der Waals surface area contributed by atoms with Crippen molar-refractivity contribution in [3.05, 3.63) is 0 Å². The molecule has 1 aliphatic heterocycles. The Bertz CT molecular complexity index is 149. The van der Waals surface area contributed by atoms with Crippen LogP contribution in [0.15, 0.2) is 0 Å². The topological polar surface area (TPSA) is 49.7 Å². The molecule has 0 bridgehead atoms. The van der Waals surface area contributed by atoms with Gasteiger partial charge in [-0.05, 0) is 24.7 Å². The van der Waals surface area contributed by atoms with Crippen LogP contribution in [0.2, 0.25) is 0 Å². The van der Waals surface area contributed by atoms with Crippen molar-refractivity contribution >= 4 is 0 Å². The Kier molecular flexibility index (Phi) is 4.16. The number of hydrogen-bond donors (Lipinski definition) is 2. The van der Waals surface area contributed by atoms with E-state index in [1.165, 1.54) is 0 Å². The Labute approximate surface area is 79.7 Å². The summed E-state index contributed by atoms with van der Waals surface area (Å²) >= 11 is 0. The van der Waals surface area contributed by atoms with E-state index in [-0.39, 0.29) is 24.7 Å². The van der Waals surface area contributed by atoms with Gasteiger partial charge in [0.2, 0.25) is 0 Å². The van der Waals surface area contributed by atoms with E-state index in [1.54, 1.807) is 0 Å². The van der Waals surface area contributed by atoms with Crippen molar-refractivity contribution in [3.8, 4) is 0 Å². The average molecular weight is 188 g/mol. The van der Waals surface area contributed by atoms with Crippen LogP contribution in [0.5, 0.6) is 0 Å². The van der Waals surface area contributed by atoms with Crippen LogP contribution >= 0.6 is 0 Å². The lowest BCUT2D eigenvalue weighted by Gasteiger charge is -2.34. The summed E-state index contributed by atoms with van der Waals surface area (Å²) in [6.45, 7) is 4.92. The number of aliphatic hydroxyl groups is 2. The Morgan fingerprint density at radius 2 is 2.23 bits per heavy atom. The summed E-state index contributed by atoms with van der Waals surface area (Å²) in [5.74, 6) is 0.537. The van der Waals surface area contributed by atoms with Gasteiger partial charge in [0.15, 0.2) is 0 Å². The first kappa shape index (κ1) is 11.0. The minimum Gasteiger partial charge on any atom is -0.396 e. The average Bonchev–Trinajstić information content (AvgIpc) is 2.13. The molecule has 1 saturated heterocycles. The third-order valence-corrected chi connectivity index (χ3v) is 2.82. The van der Waals surface area contributed by atoms with Crippen LogP contribution in [0.3, 0.4) is 0 Å². The van der Waals surface area contributed by atoms with E-state index < -0.39 is 0 Å². The quantitative estimate of drug-likeness (QED) is 0.688. The summed E-state index contributed by atoms with van der Waals surface area (Å²) in [6, 6.07) is 0. The highest BCUT2D eigenvalue weighted by atomic mass is 16.5. The lowest BCUT2D eigenvalue weighted by molar-refractivity contribution is -0.110. The molecule has 0 aromatic rings. The van der Waals surface area contributed by atoms with E-state index >= 15 is 0 Å². The number of hydrogen-bond acceptors (Lipinski definition) is 3. The number of ether oxygens (including phenoxy) is 1. The van der Waals surface area contributed by atoms with Crippen LogP contribution in [0, 0.1) is 11.8 Å². The molecule has 0 amide bonds. The molecule has 1 heterocycles. The summed E-state index contributed by atoms with van der Waals surface area (Å²) in [7, 11) is 0. The van der Waals surface area contributed by atoms with Crippen LogP contribution in [0.4, 0.5) is 0 Å². The van der Waals surface area contributed by atoms with Gasteiger partial charge in [-0.3, -0.25) is 0 Å². The molecule has 2 N–H and O–H groups in total. The van der Waals surface area contributed by atoms with Gasteiger partial charge in [0.25, 0.3) is 0 Å². The molecule has 3 heteroatoms. The molecule has 0 spiro atoms. The van der Waals surface area contributed by atoms with Gasteiger partial charge < -0.3 is 14.9 Å². The van der Waals surface area contributed by atoms with Crippen molar-refractivity contribution in [1.82, 2.24) is 0 Å². The van der Waals surface area contributed by atoms with E-state index in [0.717, 1.165) is 19.4 Å². The Hall–Kier alpha value is -0.120. The normalized spacial score (nSPS) is 37.4. The van der Waals surface area contributed by atoms with Crippen LogP contribution in [-0.2, 0) is 4.74 Å². The lowest BCUT2D eigenvalue weighted by Crippen LogP contribution is -2.41. The van der Waals surface area contributed by atoms with Gasteiger partial charge in [-0.15, -0.1) is 0 Å². The minimum absolute atomic E-state index is 0.0779. The van der Waals surface area contributed by atoms with E-state index in [9.17, 15) is 5.11 Å². The third-order valence-electron chi connectivity index (χ3n) is 2.82. The molecule has 3 nitrogen and oxygen atoms in total. The SMILES string of the molecule is CC(CO)CC1OCCC(C)C1O. The molecular formula is C10H20O3. The van der Waals surface area contributed by atoms with Crippen LogP contribution < -0.4 is 0 Å². The van der Waals surface area contributed by atoms with Gasteiger partial charge in [0.05, 0.1) is 12.2 Å². The maximum atomic E-state index is 9.78. The molecule has 1 rings (SSSR count). The standard InChI is InChI=1S/C10H20O3/c1-7(6-11)5-9-10(12)8(2)3-4-13-9/h7-12H,3-6H2,1-2H3. The number of aliphatic hydroxyl groups excluding tert-OH is 2. The predicted octanol–water partition coefficient (Wildman–Crippen LogP) is 0.791. The molecule has 1 aliphatic rings. The Balaban J connectivity index is 2.39. The summed E-state index contributed by atoms with van der Waals surface area (Å²) in [5.41, 5.74) is 0. The third kappa shape index (κ3) is 2.93. The molecule has 0 saturated carbocycles. The largest absolute Gasteiger partial charge is 0.396 e. The van der Waals surface area contributed by atoms with Crippen molar-refractivity contribution in [1.29, 1.82) is 0 Å². The summed E-state index contributed by atoms with van der Waals surface area (Å²) in [6.07, 6.45) is 1.25. The summed E-state index contributed by atoms with van der Waals surface area (Å²) < 4.78 is 5.47. The van der Waals surface area contributed by atoms with Crippen molar-refractivity contribution in [2.75, 3.05) is 13.2 Å². The van der Waals surface area contributed by atoms with E-state index in [2.05, 4.69) is 0 Å². The highest BCUT2D eigenvalue weighted by Gasteiger charge is 2.30. The highest BCUT2D eigenvalue weighted by molar-refractivity contribution is 4.79. The van der Waals surface area contributed by atoms with E-state index in [1.807, 2.05) is 13.8 Å². The van der Waals surface area contributed by atoms with Gasteiger partial charge in [0.1, 0.15) is 0 Å². The fourth-order valence-corrected chi connectivity index (χ4v) is 1.72. The first-order valence-corrected chi connectivity index (χ1v) is 5.05. The molecule has 0 aliphatic carbocycles. The Morgan fingerprint density at radius 1 is 1.54 bits per heavy atom. The molecule has 4 atom stereocenters. The van der Waals surface area contributed by atoms with E-state index in [0.29, 0.717) is 5.92 Å². The van der Waals surface area contributed by atoms with Crippen LogP contribution in [0.25, 0.3) is 0 Å². The molecule has 78 valence electrons. The second kappa shape index (κ2) is 4.94. The first-order chi connectivity index (χ1) is 6.15. The molecular weight excluding hydrogens is 168 g/mol. The van der Waals surface area contributed by atoms with Crippen molar-refractivity contribution in [3.63, 3.8) is 0 Å². The molecule has 0 aromatic carbocycles. The lowest BCUT2D eigenvalue weighted by atomic mass is 9.89. The van der Waals surface area contributed by atoms with Gasteiger partial charge in [-0.25, -0.2) is 0 Å². The zero-order valence-corrected chi connectivity index (χ0v) is 8.44. The molecule has 0 radical (unpaired) electrons. The maximum Gasteiger partial charge on any atom is 0.0839 e. The molecule has 13 heavy (non-hydrogen) atoms. The zero-order chi connectivity index (χ0) is 9.84. The maximum absolute atomic E-state index is 9.78. The Morgan fingerprint density at radius 3 is 2.85 bits per heavy atom. The van der Waals surface area contributed by atoms with E-state index in [4.69, 9.17) is 9.84 Å². The van der Waals surface area contributed by atoms with Gasteiger partial charge >= 0.3 is 0 Å². The second-order valence-corrected chi connectivity index (χ2v) is 4.19. The van der Waals surface area contributed by atoms with Crippen LogP contribution in [0.1, 0.15) is 26.7 Å². The highest BCUT2D eigenvalue weighted by Crippen LogP contribution is 2.24. The zero-order valence-electron chi connectivity index (χ0n) is 8.44. The fraction of sp³-hybridized carbons (Fsp3) is 1.00. The predicted molar refractivity (Wildman–Crippen MR) is 50.4 cm³/mol. The van der Waals surface area contributed by atoms with Crippen molar-refractivity contribution in [2.45, 2.75) is 38.9 Å². The monoisotopic (exact) mass is 188 g/mol. The summed E-state index contributed by atoms with van der Waals surface area (Å²) in [5, 5.41) is 18.7. The molecule has 0 aromatic heterocycles. The van der Waals surface area contributed by atoms with Crippen molar-refractivity contribution in [2.24, 2.45) is 11.8 Å². The van der Waals surface area contributed by atoms with Gasteiger partial charge in [-0.2, -0.15) is 0 Å². The molecule has 1 fully saturated rings. The molecule has 4 unspecified atom stereocenters. The first-order valence-electron chi connectivity index (χ1n) is 5.05. The summed E-state index contributed by atoms with van der Waals surface area (Å²) in [4.78, 5) is 0. The fourth-order valence-electron chi connectivity index (χ4n) is 1.72.